The zero-order valence-electron chi connectivity index (χ0n) is 12.0. The van der Waals surface area contributed by atoms with E-state index in [4.69, 9.17) is 11.6 Å². The van der Waals surface area contributed by atoms with E-state index >= 15 is 0 Å². The maximum absolute atomic E-state index is 12.1. The lowest BCUT2D eigenvalue weighted by molar-refractivity contribution is 0.0849. The number of benzene rings is 1. The molecule has 24 heavy (non-hydrogen) atoms. The molecule has 3 aromatic rings. The Labute approximate surface area is 154 Å². The average molecular weight is 426 g/mol. The van der Waals surface area contributed by atoms with Crippen molar-refractivity contribution in [3.05, 3.63) is 68.0 Å². The summed E-state index contributed by atoms with van der Waals surface area (Å²) in [5.41, 5.74) is 5.76. The normalized spacial score (nSPS) is 10.4. The molecular formula is C15H10BrClN4O2S. The highest BCUT2D eigenvalue weighted by Crippen LogP contribution is 2.21. The van der Waals surface area contributed by atoms with E-state index in [2.05, 4.69) is 31.9 Å². The van der Waals surface area contributed by atoms with E-state index in [9.17, 15) is 9.59 Å². The molecule has 9 heteroatoms. The number of halogens is 2. The minimum atomic E-state index is -0.466. The molecule has 0 atom stereocenters. The summed E-state index contributed by atoms with van der Waals surface area (Å²) in [5.74, 6) is -0.853. The fourth-order valence-electron chi connectivity index (χ4n) is 1.88. The van der Waals surface area contributed by atoms with Crippen LogP contribution in [0.15, 0.2) is 52.6 Å². The first-order valence-electron chi connectivity index (χ1n) is 6.69. The number of carbonyl (C=O) groups is 2. The Balaban J connectivity index is 1.65. The van der Waals surface area contributed by atoms with E-state index in [0.717, 1.165) is 9.47 Å². The van der Waals surface area contributed by atoms with E-state index in [-0.39, 0.29) is 5.91 Å². The molecule has 0 aliphatic carbocycles. The van der Waals surface area contributed by atoms with Gasteiger partial charge in [0.1, 0.15) is 0 Å². The highest BCUT2D eigenvalue weighted by atomic mass is 79.9. The third kappa shape index (κ3) is 3.84. The number of hydrazine groups is 1. The van der Waals surface area contributed by atoms with Crippen molar-refractivity contribution < 1.29 is 9.59 Å². The van der Waals surface area contributed by atoms with E-state index in [1.807, 2.05) is 6.07 Å². The van der Waals surface area contributed by atoms with Gasteiger partial charge < -0.3 is 0 Å². The van der Waals surface area contributed by atoms with Crippen LogP contribution in [0.25, 0.3) is 5.69 Å². The van der Waals surface area contributed by atoms with Crippen molar-refractivity contribution in [3.63, 3.8) is 0 Å². The lowest BCUT2D eigenvalue weighted by atomic mass is 10.3. The first-order chi connectivity index (χ1) is 11.5. The number of amides is 2. The number of rotatable bonds is 3. The van der Waals surface area contributed by atoms with Gasteiger partial charge in [0, 0.05) is 11.2 Å². The molecule has 0 aliphatic rings. The number of nitrogens with one attached hydrogen (secondary N) is 2. The molecule has 3 rings (SSSR count). The number of carbonyl (C=O) groups excluding carboxylic acids is 2. The molecule has 2 aromatic heterocycles. The highest BCUT2D eigenvalue weighted by molar-refractivity contribution is 9.11. The van der Waals surface area contributed by atoms with Crippen molar-refractivity contribution in [1.29, 1.82) is 0 Å². The number of hydrogen-bond acceptors (Lipinski definition) is 4. The Bertz CT molecular complexity index is 908. The largest absolute Gasteiger partial charge is 0.279 e. The Morgan fingerprint density at radius 1 is 1.17 bits per heavy atom. The maximum atomic E-state index is 12.1. The molecule has 2 heterocycles. The second-order valence-corrected chi connectivity index (χ2v) is 7.56. The van der Waals surface area contributed by atoms with E-state index in [1.54, 1.807) is 36.5 Å². The van der Waals surface area contributed by atoms with E-state index in [1.165, 1.54) is 22.2 Å². The van der Waals surface area contributed by atoms with Crippen LogP contribution in [0.3, 0.4) is 0 Å². The van der Waals surface area contributed by atoms with Crippen LogP contribution < -0.4 is 10.9 Å². The smallest absolute Gasteiger partial charge is 0.267 e. The summed E-state index contributed by atoms with van der Waals surface area (Å²) in [5, 5.41) is 4.69. The van der Waals surface area contributed by atoms with Crippen LogP contribution in [0.5, 0.6) is 0 Å². The number of hydrogen-bond donors (Lipinski definition) is 2. The molecule has 0 saturated carbocycles. The fourth-order valence-corrected chi connectivity index (χ4v) is 3.35. The second-order valence-electron chi connectivity index (χ2n) is 4.67. The summed E-state index contributed by atoms with van der Waals surface area (Å²) in [6.45, 7) is 0. The van der Waals surface area contributed by atoms with Crippen LogP contribution in [-0.4, -0.2) is 21.6 Å². The summed E-state index contributed by atoms with van der Waals surface area (Å²) in [6, 6.07) is 10.5. The molecule has 122 valence electrons. The van der Waals surface area contributed by atoms with Gasteiger partial charge in [0.25, 0.3) is 11.8 Å². The highest BCUT2D eigenvalue weighted by Gasteiger charge is 2.13. The van der Waals surface area contributed by atoms with Crippen molar-refractivity contribution in [1.82, 2.24) is 20.6 Å². The molecule has 6 nitrogen and oxygen atoms in total. The zero-order chi connectivity index (χ0) is 17.1. The van der Waals surface area contributed by atoms with Gasteiger partial charge in [-0.15, -0.1) is 11.3 Å². The molecular weight excluding hydrogens is 416 g/mol. The topological polar surface area (TPSA) is 76.0 Å². The minimum absolute atomic E-state index is 0.308. The molecule has 0 aliphatic heterocycles. The van der Waals surface area contributed by atoms with Gasteiger partial charge in [0.05, 0.1) is 26.1 Å². The van der Waals surface area contributed by atoms with Gasteiger partial charge in [-0.25, -0.2) is 4.68 Å². The summed E-state index contributed by atoms with van der Waals surface area (Å²) in [4.78, 5) is 24.5. The predicted molar refractivity (Wildman–Crippen MR) is 95.5 cm³/mol. The third-order valence-electron chi connectivity index (χ3n) is 3.00. The summed E-state index contributed by atoms with van der Waals surface area (Å²) in [7, 11) is 0. The summed E-state index contributed by atoms with van der Waals surface area (Å²) in [6.07, 6.45) is 2.96. The van der Waals surface area contributed by atoms with E-state index in [0.29, 0.717) is 15.5 Å². The maximum Gasteiger partial charge on any atom is 0.279 e. The van der Waals surface area contributed by atoms with Crippen LogP contribution in [0, 0.1) is 0 Å². The van der Waals surface area contributed by atoms with Crippen molar-refractivity contribution in [3.8, 4) is 5.69 Å². The Hall–Kier alpha value is -2.16. The molecule has 0 radical (unpaired) electrons. The van der Waals surface area contributed by atoms with Gasteiger partial charge in [0.15, 0.2) is 0 Å². The van der Waals surface area contributed by atoms with E-state index < -0.39 is 5.91 Å². The molecule has 0 bridgehead atoms. The SMILES string of the molecule is O=C(NNC(=O)c1ccc(Br)s1)c1cnn(-c2cccc(Cl)c2)c1. The number of nitrogens with zero attached hydrogens (tertiary/aromatic N) is 2. The van der Waals surface area contributed by atoms with Gasteiger partial charge >= 0.3 is 0 Å². The molecule has 2 N–H and O–H groups in total. The Kier molecular flexibility index (Phi) is 4.98. The summed E-state index contributed by atoms with van der Waals surface area (Å²) < 4.78 is 2.36. The Morgan fingerprint density at radius 3 is 2.67 bits per heavy atom. The second kappa shape index (κ2) is 7.16. The van der Waals surface area contributed by atoms with Gasteiger partial charge in [-0.3, -0.25) is 20.4 Å². The van der Waals surface area contributed by atoms with Crippen LogP contribution >= 0.6 is 38.9 Å². The van der Waals surface area contributed by atoms with Crippen LogP contribution in [0.2, 0.25) is 5.02 Å². The van der Waals surface area contributed by atoms with Crippen LogP contribution in [0.1, 0.15) is 20.0 Å². The van der Waals surface area contributed by atoms with Crippen molar-refractivity contribution in [2.45, 2.75) is 0 Å². The molecule has 0 spiro atoms. The lowest BCUT2D eigenvalue weighted by Crippen LogP contribution is -2.41. The van der Waals surface area contributed by atoms with Crippen molar-refractivity contribution in [2.24, 2.45) is 0 Å². The average Bonchev–Trinajstić information content (AvgIpc) is 3.21. The zero-order valence-corrected chi connectivity index (χ0v) is 15.2. The third-order valence-corrected chi connectivity index (χ3v) is 4.86. The predicted octanol–water partition coefficient (Wildman–Crippen LogP) is 3.42. The first kappa shape index (κ1) is 16.7. The van der Waals surface area contributed by atoms with Gasteiger partial charge in [-0.2, -0.15) is 5.10 Å². The Morgan fingerprint density at radius 2 is 1.96 bits per heavy atom. The molecule has 0 unspecified atom stereocenters. The van der Waals surface area contributed by atoms with Crippen molar-refractivity contribution in [2.75, 3.05) is 0 Å². The lowest BCUT2D eigenvalue weighted by Gasteiger charge is -2.04. The monoisotopic (exact) mass is 424 g/mol. The molecule has 2 amide bonds. The van der Waals surface area contributed by atoms with Crippen LogP contribution in [0.4, 0.5) is 0 Å². The van der Waals surface area contributed by atoms with Gasteiger partial charge in [0.2, 0.25) is 0 Å². The van der Waals surface area contributed by atoms with Gasteiger partial charge in [-0.1, -0.05) is 17.7 Å². The minimum Gasteiger partial charge on any atom is -0.267 e. The molecule has 1 aromatic carbocycles. The standard InChI is InChI=1S/C15H10BrClN4O2S/c16-13-5-4-12(24-13)15(23)20-19-14(22)9-7-18-21(8-9)11-3-1-2-10(17)6-11/h1-8H,(H,19,22)(H,20,23). The number of aromatic nitrogens is 2. The number of thiophene rings is 1. The van der Waals surface area contributed by atoms with Crippen molar-refractivity contribution >= 4 is 50.7 Å². The molecule has 0 fully saturated rings. The van der Waals surface area contributed by atoms with Crippen LogP contribution in [-0.2, 0) is 0 Å². The summed E-state index contributed by atoms with van der Waals surface area (Å²) >= 11 is 10.5. The first-order valence-corrected chi connectivity index (χ1v) is 8.68. The quantitative estimate of drug-likeness (QED) is 0.631. The molecule has 0 saturated heterocycles. The van der Waals surface area contributed by atoms with Gasteiger partial charge in [-0.05, 0) is 46.3 Å². The fraction of sp³-hybridized carbons (Fsp3) is 0.